The van der Waals surface area contributed by atoms with Crippen LogP contribution in [0.2, 0.25) is 5.02 Å². The van der Waals surface area contributed by atoms with Gasteiger partial charge in [0, 0.05) is 23.7 Å². The fourth-order valence-corrected chi connectivity index (χ4v) is 4.72. The summed E-state index contributed by atoms with van der Waals surface area (Å²) in [5, 5.41) is 5.56. The molecule has 0 bridgehead atoms. The van der Waals surface area contributed by atoms with Crippen LogP contribution in [0.15, 0.2) is 45.7 Å². The number of hydrogen-bond donors (Lipinski definition) is 1. The number of aromatic nitrogens is 3. The summed E-state index contributed by atoms with van der Waals surface area (Å²) < 4.78 is 5.73. The van der Waals surface area contributed by atoms with Gasteiger partial charge in [0.1, 0.15) is 0 Å². The van der Waals surface area contributed by atoms with Crippen molar-refractivity contribution in [3.8, 4) is 11.4 Å². The topological polar surface area (TPSA) is 75.0 Å². The van der Waals surface area contributed by atoms with Crippen LogP contribution in [0, 0.1) is 6.92 Å². The van der Waals surface area contributed by atoms with Crippen molar-refractivity contribution < 1.29 is 4.52 Å². The summed E-state index contributed by atoms with van der Waals surface area (Å²) in [7, 11) is 0. The van der Waals surface area contributed by atoms with E-state index in [1.165, 1.54) is 5.56 Å². The Balaban J connectivity index is 0.00000141. The molecule has 0 aliphatic rings. The predicted octanol–water partition coefficient (Wildman–Crippen LogP) is 6.48. The molecule has 8 heteroatoms. The van der Waals surface area contributed by atoms with E-state index in [0.29, 0.717) is 5.82 Å². The molecule has 2 aromatic carbocycles. The summed E-state index contributed by atoms with van der Waals surface area (Å²) in [4.78, 5) is 21.0. The molecule has 0 saturated heterocycles. The Morgan fingerprint density at radius 1 is 1.16 bits per heavy atom. The van der Waals surface area contributed by atoms with Crippen molar-refractivity contribution in [2.24, 2.45) is 0 Å². The summed E-state index contributed by atoms with van der Waals surface area (Å²) in [6, 6.07) is 12.0. The Labute approximate surface area is 197 Å². The van der Waals surface area contributed by atoms with Gasteiger partial charge in [-0.2, -0.15) is 0 Å². The summed E-state index contributed by atoms with van der Waals surface area (Å²) in [6.45, 7) is 10.1. The molecule has 0 radical (unpaired) electrons. The van der Waals surface area contributed by atoms with Gasteiger partial charge in [-0.25, -0.2) is 9.78 Å². The lowest BCUT2D eigenvalue weighted by Crippen LogP contribution is -2.26. The molecule has 0 saturated carbocycles. The highest BCUT2D eigenvalue weighted by Crippen LogP contribution is 2.31. The van der Waals surface area contributed by atoms with E-state index in [9.17, 15) is 4.79 Å². The van der Waals surface area contributed by atoms with Crippen LogP contribution in [0.3, 0.4) is 0 Å². The Hall–Kier alpha value is -2.64. The highest BCUT2D eigenvalue weighted by atomic mass is 35.5. The molecule has 2 aromatic heterocycles. The molecule has 0 aliphatic heterocycles. The number of nitrogens with one attached hydrogen (secondary N) is 1. The second-order valence-electron chi connectivity index (χ2n) is 7.29. The van der Waals surface area contributed by atoms with Gasteiger partial charge < -0.3 is 4.90 Å². The molecule has 170 valence electrons. The zero-order valence-electron chi connectivity index (χ0n) is 18.9. The Kier molecular flexibility index (Phi) is 8.47. The number of hydrogen-bond acceptors (Lipinski definition) is 6. The van der Waals surface area contributed by atoms with Crippen LogP contribution in [0.25, 0.3) is 21.6 Å². The fraction of sp³-hybridized carbons (Fsp3) is 0.375. The van der Waals surface area contributed by atoms with Gasteiger partial charge in [0.25, 0.3) is 0 Å². The third-order valence-corrected chi connectivity index (χ3v) is 6.36. The largest absolute Gasteiger partial charge is 0.439 e. The Morgan fingerprint density at radius 2 is 1.97 bits per heavy atom. The number of rotatable bonds is 8. The molecule has 2 heterocycles. The molecule has 0 fully saturated rings. The van der Waals surface area contributed by atoms with Gasteiger partial charge in [-0.05, 0) is 49.1 Å². The third kappa shape index (κ3) is 5.78. The lowest BCUT2D eigenvalue weighted by molar-refractivity contribution is 0.388. The number of halogens is 1. The fourth-order valence-electron chi connectivity index (χ4n) is 3.43. The molecule has 0 spiro atoms. The number of thiazole rings is 1. The van der Waals surface area contributed by atoms with E-state index >= 15 is 0 Å². The van der Waals surface area contributed by atoms with E-state index in [1.807, 2.05) is 45.0 Å². The number of benzene rings is 2. The predicted molar refractivity (Wildman–Crippen MR) is 134 cm³/mol. The number of aryl methyl sites for hydroxylation is 1. The summed E-state index contributed by atoms with van der Waals surface area (Å²) >= 11 is 7.83. The normalized spacial score (nSPS) is 10.8. The Bertz CT molecular complexity index is 1210. The van der Waals surface area contributed by atoms with Crippen molar-refractivity contribution in [2.45, 2.75) is 47.0 Å². The van der Waals surface area contributed by atoms with Crippen molar-refractivity contribution in [1.82, 2.24) is 15.1 Å². The molecule has 32 heavy (non-hydrogen) atoms. The molecule has 0 amide bonds. The first-order valence-electron chi connectivity index (χ1n) is 11.0. The third-order valence-electron chi connectivity index (χ3n) is 5.05. The minimum Gasteiger partial charge on any atom is -0.348 e. The van der Waals surface area contributed by atoms with Crippen LogP contribution in [-0.4, -0.2) is 28.2 Å². The van der Waals surface area contributed by atoms with Gasteiger partial charge in [0.15, 0.2) is 11.0 Å². The standard InChI is InChI=1S/C22H23ClN4O2S.C2H6/c1-3-4-10-27(21-24-18-8-6-16(23)13-19(18)30-21)11-9-15-5-7-17(14(2)12-15)20-25-22(28)29-26-20;1-2/h5-8,12-13H,3-4,9-11H2,1-2H3,(H,25,26,28);1-2H3. The van der Waals surface area contributed by atoms with Gasteiger partial charge in [0.05, 0.1) is 10.2 Å². The van der Waals surface area contributed by atoms with Gasteiger partial charge >= 0.3 is 5.76 Å². The van der Waals surface area contributed by atoms with E-state index < -0.39 is 5.76 Å². The number of unbranched alkanes of at least 4 members (excludes halogenated alkanes) is 1. The van der Waals surface area contributed by atoms with E-state index in [-0.39, 0.29) is 0 Å². The summed E-state index contributed by atoms with van der Waals surface area (Å²) in [5.74, 6) is -0.0843. The molecular weight excluding hydrogens is 444 g/mol. The smallest absolute Gasteiger partial charge is 0.348 e. The first-order chi connectivity index (χ1) is 15.5. The first kappa shape index (κ1) is 24.0. The second-order valence-corrected chi connectivity index (χ2v) is 8.74. The number of aromatic amines is 1. The molecule has 6 nitrogen and oxygen atoms in total. The maximum atomic E-state index is 11.2. The van der Waals surface area contributed by atoms with Crippen LogP contribution in [0.4, 0.5) is 5.13 Å². The SMILES string of the molecule is CC.CCCCN(CCc1ccc(-c2noc(=O)[nH]2)c(C)c1)c1nc2ccc(Cl)cc2s1. The van der Waals surface area contributed by atoms with Gasteiger partial charge in [-0.15, -0.1) is 0 Å². The van der Waals surface area contributed by atoms with Crippen molar-refractivity contribution in [2.75, 3.05) is 18.0 Å². The van der Waals surface area contributed by atoms with Crippen molar-refractivity contribution in [1.29, 1.82) is 0 Å². The van der Waals surface area contributed by atoms with Gasteiger partial charge in [0.2, 0.25) is 0 Å². The van der Waals surface area contributed by atoms with Crippen LogP contribution in [0.5, 0.6) is 0 Å². The molecule has 4 aromatic rings. The van der Waals surface area contributed by atoms with E-state index in [2.05, 4.69) is 38.6 Å². The first-order valence-corrected chi connectivity index (χ1v) is 12.2. The van der Waals surface area contributed by atoms with E-state index in [0.717, 1.165) is 63.8 Å². The minimum absolute atomic E-state index is 0.460. The highest BCUT2D eigenvalue weighted by molar-refractivity contribution is 7.22. The van der Waals surface area contributed by atoms with Crippen LogP contribution in [0.1, 0.15) is 44.7 Å². The Morgan fingerprint density at radius 3 is 2.66 bits per heavy atom. The molecule has 0 atom stereocenters. The van der Waals surface area contributed by atoms with Crippen LogP contribution >= 0.6 is 22.9 Å². The lowest BCUT2D eigenvalue weighted by Gasteiger charge is -2.21. The molecule has 0 aliphatic carbocycles. The van der Waals surface area contributed by atoms with Gasteiger partial charge in [-0.1, -0.05) is 73.5 Å². The average molecular weight is 473 g/mol. The molecular formula is C24H29ClN4O2S. The second kappa shape index (κ2) is 11.3. The molecule has 1 N–H and O–H groups in total. The highest BCUT2D eigenvalue weighted by Gasteiger charge is 2.14. The van der Waals surface area contributed by atoms with Crippen molar-refractivity contribution >= 4 is 38.3 Å². The van der Waals surface area contributed by atoms with Crippen molar-refractivity contribution in [3.05, 3.63) is 63.1 Å². The maximum Gasteiger partial charge on any atom is 0.439 e. The number of fused-ring (bicyclic) bond motifs is 1. The van der Waals surface area contributed by atoms with E-state index in [4.69, 9.17) is 16.6 Å². The van der Waals surface area contributed by atoms with Crippen LogP contribution < -0.4 is 10.7 Å². The zero-order chi connectivity index (χ0) is 23.1. The van der Waals surface area contributed by atoms with E-state index in [1.54, 1.807) is 11.3 Å². The van der Waals surface area contributed by atoms with Crippen LogP contribution in [-0.2, 0) is 6.42 Å². The van der Waals surface area contributed by atoms with Crippen molar-refractivity contribution in [3.63, 3.8) is 0 Å². The summed E-state index contributed by atoms with van der Waals surface area (Å²) in [6.07, 6.45) is 3.15. The van der Waals surface area contributed by atoms with Gasteiger partial charge in [-0.3, -0.25) is 9.51 Å². The number of anilines is 1. The maximum absolute atomic E-state index is 11.2. The zero-order valence-corrected chi connectivity index (χ0v) is 20.5. The summed E-state index contributed by atoms with van der Waals surface area (Å²) in [5.41, 5.74) is 4.14. The monoisotopic (exact) mass is 472 g/mol. The number of H-pyrrole nitrogens is 1. The number of nitrogens with zero attached hydrogens (tertiary/aromatic N) is 3. The average Bonchev–Trinajstić information content (AvgIpc) is 3.41. The molecule has 0 unspecified atom stereocenters. The quantitative estimate of drug-likeness (QED) is 0.317. The molecule has 4 rings (SSSR count). The lowest BCUT2D eigenvalue weighted by atomic mass is 10.0. The minimum atomic E-state index is -0.544.